The van der Waals surface area contributed by atoms with E-state index in [2.05, 4.69) is 40.7 Å². The van der Waals surface area contributed by atoms with E-state index in [9.17, 15) is 20.1 Å². The van der Waals surface area contributed by atoms with Gasteiger partial charge in [0.1, 0.15) is 11.7 Å². The van der Waals surface area contributed by atoms with Gasteiger partial charge in [0.15, 0.2) is 11.6 Å². The number of carbonyl (C=O) groups is 2. The third-order valence-electron chi connectivity index (χ3n) is 11.4. The Morgan fingerprint density at radius 2 is 1.57 bits per heavy atom. The van der Waals surface area contributed by atoms with Crippen molar-refractivity contribution in [2.45, 2.75) is 106 Å². The lowest BCUT2D eigenvalue weighted by atomic mass is 9.38. The molecule has 5 nitrogen and oxygen atoms in total. The lowest BCUT2D eigenvalue weighted by Crippen LogP contribution is -2.60. The van der Waals surface area contributed by atoms with Crippen LogP contribution in [0.3, 0.4) is 0 Å². The summed E-state index contributed by atoms with van der Waals surface area (Å²) in [4.78, 5) is 27.4. The second kappa shape index (κ2) is 7.92. The Hall–Kier alpha value is -2.66. The fourth-order valence-corrected chi connectivity index (χ4v) is 9.13. The monoisotopic (exact) mass is 502 g/mol. The molecule has 2 saturated carbocycles. The summed E-state index contributed by atoms with van der Waals surface area (Å²) >= 11 is 0. The van der Waals surface area contributed by atoms with Gasteiger partial charge in [-0.15, -0.1) is 0 Å². The molecule has 5 unspecified atom stereocenters. The van der Waals surface area contributed by atoms with Gasteiger partial charge in [-0.25, -0.2) is 0 Å². The highest BCUT2D eigenvalue weighted by molar-refractivity contribution is 6.09. The third-order valence-corrected chi connectivity index (χ3v) is 11.4. The zero-order valence-electron chi connectivity index (χ0n) is 22.8. The molecule has 198 valence electrons. The quantitative estimate of drug-likeness (QED) is 0.355. The van der Waals surface area contributed by atoms with E-state index in [1.165, 1.54) is 0 Å². The first-order chi connectivity index (χ1) is 16.6. The van der Waals surface area contributed by atoms with Crippen LogP contribution in [0.1, 0.15) is 101 Å². The summed E-state index contributed by atoms with van der Waals surface area (Å²) in [7, 11) is 0. The molecule has 0 saturated heterocycles. The average molecular weight is 503 g/mol. The van der Waals surface area contributed by atoms with Crippen LogP contribution in [0.2, 0.25) is 0 Å². The zero-order chi connectivity index (χ0) is 26.5. The molecule has 0 N–H and O–H groups in total. The van der Waals surface area contributed by atoms with Gasteiger partial charge in [-0.3, -0.25) is 9.59 Å². The Morgan fingerprint density at radius 1 is 0.919 bits per heavy atom. The van der Waals surface area contributed by atoms with Gasteiger partial charge < -0.3 is 4.74 Å². The summed E-state index contributed by atoms with van der Waals surface area (Å²) in [6.45, 7) is 15.1. The highest BCUT2D eigenvalue weighted by Crippen LogP contribution is 2.72. The molecule has 5 aliphatic rings. The summed E-state index contributed by atoms with van der Waals surface area (Å²) in [6.07, 6.45) is 11.4. The highest BCUT2D eigenvalue weighted by atomic mass is 16.5. The summed E-state index contributed by atoms with van der Waals surface area (Å²) in [5.74, 6) is -0.0436. The van der Waals surface area contributed by atoms with E-state index in [4.69, 9.17) is 4.74 Å². The fourth-order valence-electron chi connectivity index (χ4n) is 9.13. The number of rotatable bonds is 1. The zero-order valence-corrected chi connectivity index (χ0v) is 22.8. The van der Waals surface area contributed by atoms with Gasteiger partial charge >= 0.3 is 0 Å². The third kappa shape index (κ3) is 3.25. The van der Waals surface area contributed by atoms with Gasteiger partial charge in [0, 0.05) is 21.8 Å². The van der Waals surface area contributed by atoms with E-state index in [1.807, 2.05) is 32.3 Å². The molecule has 37 heavy (non-hydrogen) atoms. The molecule has 0 aliphatic heterocycles. The van der Waals surface area contributed by atoms with Crippen molar-refractivity contribution in [3.63, 3.8) is 0 Å². The minimum atomic E-state index is -0.676. The minimum Gasteiger partial charge on any atom is -0.416 e. The van der Waals surface area contributed by atoms with Gasteiger partial charge in [-0.2, -0.15) is 10.5 Å². The number of nitriles is 2. The summed E-state index contributed by atoms with van der Waals surface area (Å²) in [5.41, 5.74) is 0.617. The van der Waals surface area contributed by atoms with Crippen molar-refractivity contribution in [3.8, 4) is 12.3 Å². The van der Waals surface area contributed by atoms with E-state index < -0.39 is 21.8 Å². The van der Waals surface area contributed by atoms with Crippen LogP contribution in [-0.2, 0) is 14.3 Å². The molecular weight excluding hydrogens is 460 g/mol. The molecule has 0 spiro atoms. The van der Waals surface area contributed by atoms with Gasteiger partial charge in [-0.1, -0.05) is 62.0 Å². The van der Waals surface area contributed by atoms with Crippen molar-refractivity contribution >= 4 is 11.6 Å². The molecule has 0 heterocycles. The Kier molecular flexibility index (Phi) is 5.86. The molecule has 2 fully saturated rings. The van der Waals surface area contributed by atoms with E-state index in [0.29, 0.717) is 0 Å². The molecule has 5 heteroatoms. The molecule has 0 aromatic heterocycles. The van der Waals surface area contributed by atoms with Crippen molar-refractivity contribution in [1.29, 1.82) is 10.5 Å². The lowest BCUT2D eigenvalue weighted by molar-refractivity contribution is -0.132. The van der Waals surface area contributed by atoms with Crippen LogP contribution in [0.4, 0.5) is 0 Å². The molecule has 5 aliphatic carbocycles. The molecule has 0 aromatic carbocycles. The molecule has 5 rings (SSSR count). The van der Waals surface area contributed by atoms with Gasteiger partial charge in [0.2, 0.25) is 0 Å². The number of ketones is 2. The second-order valence-electron chi connectivity index (χ2n) is 14.1. The minimum absolute atomic E-state index is 0. The van der Waals surface area contributed by atoms with Crippen LogP contribution < -0.4 is 0 Å². The normalized spacial score (nSPS) is 41.3. The number of Topliss-reactive ketones (excluding diaryl/α,β-unsaturated/α-hetero) is 1. The number of hydrogen-bond donors (Lipinski definition) is 0. The lowest BCUT2D eigenvalue weighted by Gasteiger charge is -2.65. The van der Waals surface area contributed by atoms with Crippen molar-refractivity contribution < 1.29 is 14.3 Å². The predicted octanol–water partition coefficient (Wildman–Crippen LogP) is 7.16. The average Bonchev–Trinajstić information content (AvgIpc) is 2.79. The van der Waals surface area contributed by atoms with Gasteiger partial charge in [0.05, 0.1) is 5.57 Å². The van der Waals surface area contributed by atoms with Crippen molar-refractivity contribution in [3.05, 3.63) is 34.4 Å². The summed E-state index contributed by atoms with van der Waals surface area (Å²) < 4.78 is 5.84. The van der Waals surface area contributed by atoms with Crippen LogP contribution in [0.5, 0.6) is 0 Å². The van der Waals surface area contributed by atoms with Crippen molar-refractivity contribution in [2.75, 3.05) is 0 Å². The largest absolute Gasteiger partial charge is 0.416 e. The summed E-state index contributed by atoms with van der Waals surface area (Å²) in [6, 6.07) is 2.16. The van der Waals surface area contributed by atoms with Crippen molar-refractivity contribution in [2.24, 2.45) is 33.0 Å². The number of ether oxygens (including phenoxy) is 1. The topological polar surface area (TPSA) is 90.9 Å². The van der Waals surface area contributed by atoms with Crippen LogP contribution in [0.15, 0.2) is 34.4 Å². The van der Waals surface area contributed by atoms with E-state index in [1.54, 1.807) is 0 Å². The first kappa shape index (κ1) is 27.4. The van der Waals surface area contributed by atoms with E-state index >= 15 is 0 Å². The number of carbonyl (C=O) groups excluding carboxylic acids is 2. The van der Waals surface area contributed by atoms with Crippen LogP contribution in [-0.4, -0.2) is 17.2 Å². The number of hydrogen-bond acceptors (Lipinski definition) is 5. The molecule has 0 radical (unpaired) electrons. The number of allylic oxidation sites excluding steroid dienone is 5. The number of fused-ring (bicyclic) bond motifs is 6. The van der Waals surface area contributed by atoms with E-state index in [-0.39, 0.29) is 41.3 Å². The Bertz CT molecular complexity index is 1270. The SMILES string of the molecule is C.CC1(C)CCC2(OC#N)CCC3(C)C(=C2C1)C(=O)C=C1C2(C)C=C(C#N)C(=O)C(C)(C)C2CCC13C. The molecule has 0 bridgehead atoms. The first-order valence-electron chi connectivity index (χ1n) is 13.4. The van der Waals surface area contributed by atoms with Crippen molar-refractivity contribution in [1.82, 2.24) is 0 Å². The number of nitrogens with zero attached hydrogens (tertiary/aromatic N) is 2. The standard InChI is InChI=1S/C31H38N2O3.CH4/c1-26(2)10-12-31(36-18-33)13-11-30(7)24(20(31)16-26)21(34)14-23-28(5)15-19(17-32)25(35)27(3,4)22(28)8-9-29(23,30)6;/h14-15,22H,8-13,16H2,1-7H3;1H4. The Balaban J connectivity index is 0.00000320. The maximum absolute atomic E-state index is 14.2. The Morgan fingerprint density at radius 3 is 2.19 bits per heavy atom. The maximum atomic E-state index is 14.2. The molecule has 5 atom stereocenters. The Labute approximate surface area is 222 Å². The van der Waals surface area contributed by atoms with Crippen LogP contribution in [0.25, 0.3) is 0 Å². The predicted molar refractivity (Wildman–Crippen MR) is 143 cm³/mol. The smallest absolute Gasteiger partial charge is 0.287 e. The highest BCUT2D eigenvalue weighted by Gasteiger charge is 2.67. The summed E-state index contributed by atoms with van der Waals surface area (Å²) in [5, 5.41) is 19.4. The van der Waals surface area contributed by atoms with Gasteiger partial charge in [-0.05, 0) is 78.9 Å². The molecule has 0 aromatic rings. The maximum Gasteiger partial charge on any atom is 0.287 e. The molecule has 0 amide bonds. The molecular formula is C32H42N2O3. The van der Waals surface area contributed by atoms with Gasteiger partial charge in [0.25, 0.3) is 6.26 Å². The van der Waals surface area contributed by atoms with E-state index in [0.717, 1.165) is 61.7 Å². The second-order valence-corrected chi connectivity index (χ2v) is 14.1. The van der Waals surface area contributed by atoms with Crippen LogP contribution >= 0.6 is 0 Å². The van der Waals surface area contributed by atoms with Crippen LogP contribution in [0, 0.1) is 55.8 Å². The first-order valence-corrected chi connectivity index (χ1v) is 13.4. The fraction of sp³-hybridized carbons (Fsp3) is 0.688.